The minimum atomic E-state index is -0.806. The second-order valence-corrected chi connectivity index (χ2v) is 20.9. The Labute approximate surface area is 487 Å². The van der Waals surface area contributed by atoms with Crippen molar-refractivity contribution in [2.24, 2.45) is 0 Å². The van der Waals surface area contributed by atoms with Crippen LogP contribution in [0.25, 0.3) is 0 Å². The topological polar surface area (TPSA) is 78.9 Å². The van der Waals surface area contributed by atoms with Gasteiger partial charge in [0.25, 0.3) is 0 Å². The third kappa shape index (κ3) is 64.0. The molecular formula is C73H118O6. The maximum atomic E-state index is 12.9. The highest BCUT2D eigenvalue weighted by atomic mass is 16.6. The van der Waals surface area contributed by atoms with Gasteiger partial charge in [-0.1, -0.05) is 256 Å². The van der Waals surface area contributed by atoms with Crippen molar-refractivity contribution in [2.45, 2.75) is 284 Å². The molecule has 446 valence electrons. The predicted molar refractivity (Wildman–Crippen MR) is 343 cm³/mol. The van der Waals surface area contributed by atoms with Crippen molar-refractivity contribution in [1.29, 1.82) is 0 Å². The van der Waals surface area contributed by atoms with E-state index in [4.69, 9.17) is 14.2 Å². The standard InChI is InChI=1S/C73H118O6/c1-4-7-10-13-16-19-22-25-27-29-31-32-33-34-35-36-37-38-39-40-41-42-43-45-46-48-51-54-57-60-63-66-72(75)78-69-70(68-77-71(74)65-62-59-56-53-50-24-21-18-15-12-9-6-3)79-73(76)67-64-61-58-55-52-49-47-44-30-28-26-23-20-17-14-11-8-5-2/h7,10,16,18-21,23,25,27-28,30-32,34-35,37-38,40-41,43,45,48,51,70H,4-6,8-9,11-15,17,22,24,26,29,33,36,39,42,44,46-47,49-50,52-69H2,1-3H3/b10-7-,19-16-,21-18-,23-20-,27-25-,30-28-,32-31-,35-34-,38-37-,41-40-,45-43-,51-48-. The molecule has 0 radical (unpaired) electrons. The van der Waals surface area contributed by atoms with E-state index in [2.05, 4.69) is 167 Å². The van der Waals surface area contributed by atoms with Gasteiger partial charge in [-0.15, -0.1) is 0 Å². The fourth-order valence-electron chi connectivity index (χ4n) is 8.46. The Morgan fingerprint density at radius 3 is 0.823 bits per heavy atom. The van der Waals surface area contributed by atoms with Gasteiger partial charge in [-0.25, -0.2) is 0 Å². The van der Waals surface area contributed by atoms with E-state index in [1.807, 2.05) is 0 Å². The van der Waals surface area contributed by atoms with Crippen LogP contribution in [0.2, 0.25) is 0 Å². The molecule has 0 aliphatic rings. The molecule has 79 heavy (non-hydrogen) atoms. The molecule has 0 rings (SSSR count). The molecule has 0 aromatic heterocycles. The normalized spacial score (nSPS) is 13.1. The van der Waals surface area contributed by atoms with Crippen molar-refractivity contribution in [3.8, 4) is 0 Å². The maximum Gasteiger partial charge on any atom is 0.306 e. The van der Waals surface area contributed by atoms with Crippen LogP contribution in [0.5, 0.6) is 0 Å². The third-order valence-electron chi connectivity index (χ3n) is 13.3. The molecule has 0 bridgehead atoms. The summed E-state index contributed by atoms with van der Waals surface area (Å²) >= 11 is 0. The van der Waals surface area contributed by atoms with Crippen LogP contribution < -0.4 is 0 Å². The summed E-state index contributed by atoms with van der Waals surface area (Å²) in [5.41, 5.74) is 0. The minimum Gasteiger partial charge on any atom is -0.462 e. The van der Waals surface area contributed by atoms with Crippen LogP contribution in [0.3, 0.4) is 0 Å². The number of esters is 3. The smallest absolute Gasteiger partial charge is 0.306 e. The lowest BCUT2D eigenvalue weighted by Crippen LogP contribution is -2.30. The van der Waals surface area contributed by atoms with Crippen molar-refractivity contribution >= 4 is 17.9 Å². The predicted octanol–water partition coefficient (Wildman–Crippen LogP) is 22.3. The van der Waals surface area contributed by atoms with E-state index in [9.17, 15) is 14.4 Å². The first-order valence-electron chi connectivity index (χ1n) is 32.3. The van der Waals surface area contributed by atoms with Crippen molar-refractivity contribution in [2.75, 3.05) is 13.2 Å². The fraction of sp³-hybridized carbons (Fsp3) is 0.630. The summed E-state index contributed by atoms with van der Waals surface area (Å²) in [5.74, 6) is -0.952. The molecule has 0 spiro atoms. The van der Waals surface area contributed by atoms with E-state index < -0.39 is 6.10 Å². The Morgan fingerprint density at radius 2 is 0.494 bits per heavy atom. The van der Waals surface area contributed by atoms with Gasteiger partial charge < -0.3 is 14.2 Å². The first-order valence-corrected chi connectivity index (χ1v) is 32.3. The van der Waals surface area contributed by atoms with Crippen LogP contribution in [-0.2, 0) is 28.6 Å². The summed E-state index contributed by atoms with van der Waals surface area (Å²) in [6.07, 6.45) is 94.2. The molecule has 0 aliphatic heterocycles. The van der Waals surface area contributed by atoms with Crippen LogP contribution in [0, 0.1) is 0 Å². The SMILES string of the molecule is CC/C=C\C/C=C\C/C=C\C/C=C\C/C=C\C/C=C\C/C=C\C/C=C\C/C=C\CCCCCC(=O)OCC(COC(=O)CCCCCCC/C=C\CCCCC)OC(=O)CCCCCCCCC/C=C\C/C=C\CCCCCC. The summed E-state index contributed by atoms with van der Waals surface area (Å²) in [7, 11) is 0. The first-order chi connectivity index (χ1) is 39.0. The van der Waals surface area contributed by atoms with Gasteiger partial charge in [0.1, 0.15) is 13.2 Å². The molecule has 0 amide bonds. The maximum absolute atomic E-state index is 12.9. The Balaban J connectivity index is 4.40. The average Bonchev–Trinajstić information content (AvgIpc) is 3.45. The summed E-state index contributed by atoms with van der Waals surface area (Å²) < 4.78 is 16.9. The van der Waals surface area contributed by atoms with Crippen LogP contribution in [0.4, 0.5) is 0 Å². The lowest BCUT2D eigenvalue weighted by Gasteiger charge is -2.18. The van der Waals surface area contributed by atoms with Crippen LogP contribution in [-0.4, -0.2) is 37.2 Å². The van der Waals surface area contributed by atoms with E-state index in [0.29, 0.717) is 19.3 Å². The van der Waals surface area contributed by atoms with E-state index in [-0.39, 0.29) is 31.1 Å². The molecule has 0 saturated heterocycles. The zero-order valence-corrected chi connectivity index (χ0v) is 51.1. The van der Waals surface area contributed by atoms with Gasteiger partial charge in [-0.3, -0.25) is 14.4 Å². The van der Waals surface area contributed by atoms with Crippen molar-refractivity contribution in [3.63, 3.8) is 0 Å². The highest BCUT2D eigenvalue weighted by molar-refractivity contribution is 5.71. The third-order valence-corrected chi connectivity index (χ3v) is 13.3. The molecule has 0 saturated carbocycles. The Kier molecular flexibility index (Phi) is 61.9. The average molecular weight is 1090 g/mol. The number of rotatable bonds is 57. The molecule has 6 nitrogen and oxygen atoms in total. The Bertz CT molecular complexity index is 1730. The van der Waals surface area contributed by atoms with Gasteiger partial charge in [0.15, 0.2) is 6.10 Å². The van der Waals surface area contributed by atoms with E-state index in [1.165, 1.54) is 89.9 Å². The highest BCUT2D eigenvalue weighted by Crippen LogP contribution is 2.14. The van der Waals surface area contributed by atoms with Gasteiger partial charge in [0, 0.05) is 19.3 Å². The van der Waals surface area contributed by atoms with Crippen LogP contribution in [0.15, 0.2) is 146 Å². The summed E-state index contributed by atoms with van der Waals surface area (Å²) in [6.45, 7) is 6.44. The minimum absolute atomic E-state index is 0.100. The molecule has 0 aliphatic carbocycles. The lowest BCUT2D eigenvalue weighted by molar-refractivity contribution is -0.167. The monoisotopic (exact) mass is 1090 g/mol. The Morgan fingerprint density at radius 1 is 0.266 bits per heavy atom. The van der Waals surface area contributed by atoms with E-state index in [1.54, 1.807) is 0 Å². The zero-order chi connectivity index (χ0) is 57.1. The van der Waals surface area contributed by atoms with E-state index >= 15 is 0 Å². The largest absolute Gasteiger partial charge is 0.462 e. The van der Waals surface area contributed by atoms with Gasteiger partial charge in [0.05, 0.1) is 0 Å². The quantitative estimate of drug-likeness (QED) is 0.0261. The Hall–Kier alpha value is -4.71. The molecule has 0 heterocycles. The van der Waals surface area contributed by atoms with Crippen molar-refractivity contribution in [1.82, 2.24) is 0 Å². The first kappa shape index (κ1) is 74.3. The number of ether oxygens (including phenoxy) is 3. The molecular weight excluding hydrogens is 973 g/mol. The molecule has 1 atom stereocenters. The second-order valence-electron chi connectivity index (χ2n) is 20.9. The lowest BCUT2D eigenvalue weighted by atomic mass is 10.1. The summed E-state index contributed by atoms with van der Waals surface area (Å²) in [6, 6.07) is 0. The number of hydrogen-bond acceptors (Lipinski definition) is 6. The number of carbonyl (C=O) groups excluding carboxylic acids is 3. The molecule has 6 heteroatoms. The number of unbranched alkanes of at least 4 members (excludes halogenated alkanes) is 22. The molecule has 0 N–H and O–H groups in total. The zero-order valence-electron chi connectivity index (χ0n) is 51.1. The van der Waals surface area contributed by atoms with Crippen molar-refractivity contribution < 1.29 is 28.6 Å². The molecule has 1 unspecified atom stereocenters. The second kappa shape index (κ2) is 65.8. The summed E-state index contributed by atoms with van der Waals surface area (Å²) in [4.78, 5) is 38.3. The van der Waals surface area contributed by atoms with Crippen LogP contribution >= 0.6 is 0 Å². The van der Waals surface area contributed by atoms with E-state index in [0.717, 1.165) is 148 Å². The fourth-order valence-corrected chi connectivity index (χ4v) is 8.46. The highest BCUT2D eigenvalue weighted by Gasteiger charge is 2.19. The van der Waals surface area contributed by atoms with Gasteiger partial charge >= 0.3 is 17.9 Å². The van der Waals surface area contributed by atoms with Crippen molar-refractivity contribution in [3.05, 3.63) is 146 Å². The molecule has 0 aromatic rings. The molecule has 0 fully saturated rings. The van der Waals surface area contributed by atoms with Gasteiger partial charge in [0.2, 0.25) is 0 Å². The molecule has 0 aromatic carbocycles. The number of allylic oxidation sites excluding steroid dienone is 24. The number of hydrogen-bond donors (Lipinski definition) is 0. The van der Waals surface area contributed by atoms with Crippen LogP contribution in [0.1, 0.15) is 278 Å². The van der Waals surface area contributed by atoms with Gasteiger partial charge in [-0.2, -0.15) is 0 Å². The van der Waals surface area contributed by atoms with Gasteiger partial charge in [-0.05, 0) is 148 Å². The number of carbonyl (C=O) groups is 3. The summed E-state index contributed by atoms with van der Waals surface area (Å²) in [5, 5.41) is 0.